The topological polar surface area (TPSA) is 69.9 Å². The minimum atomic E-state index is -0.613. The van der Waals surface area contributed by atoms with Crippen molar-refractivity contribution in [2.24, 2.45) is 5.92 Å². The van der Waals surface area contributed by atoms with Crippen LogP contribution < -0.4 is 4.74 Å². The summed E-state index contributed by atoms with van der Waals surface area (Å²) in [7, 11) is 0. The number of phenolic OH excluding ortho intramolecular Hbond substituents is 3. The monoisotopic (exact) mass is 380 g/mol. The number of hydrogen-bond acceptors (Lipinski definition) is 4. The molecule has 2 fully saturated rings. The number of fused-ring (bicyclic) bond motifs is 4. The van der Waals surface area contributed by atoms with Gasteiger partial charge in [-0.1, -0.05) is 18.9 Å². The average Bonchev–Trinajstić information content (AvgIpc) is 3.32. The molecule has 0 saturated heterocycles. The maximum absolute atomic E-state index is 11.0. The summed E-state index contributed by atoms with van der Waals surface area (Å²) in [6, 6.07) is 7.38. The van der Waals surface area contributed by atoms with E-state index in [-0.39, 0.29) is 28.6 Å². The van der Waals surface area contributed by atoms with E-state index in [4.69, 9.17) is 4.74 Å². The van der Waals surface area contributed by atoms with E-state index < -0.39 is 5.60 Å². The zero-order valence-electron chi connectivity index (χ0n) is 16.6. The molecular weight excluding hydrogens is 352 g/mol. The van der Waals surface area contributed by atoms with Crippen molar-refractivity contribution in [2.75, 3.05) is 0 Å². The van der Waals surface area contributed by atoms with Gasteiger partial charge in [0.25, 0.3) is 0 Å². The molecule has 4 heteroatoms. The molecule has 2 aliphatic carbocycles. The number of ether oxygens (including phenoxy) is 1. The Morgan fingerprint density at radius 2 is 1.46 bits per heavy atom. The van der Waals surface area contributed by atoms with Crippen molar-refractivity contribution in [1.82, 2.24) is 0 Å². The van der Waals surface area contributed by atoms with Crippen molar-refractivity contribution < 1.29 is 20.1 Å². The molecular formula is C24H28O4. The molecule has 0 aromatic heterocycles. The van der Waals surface area contributed by atoms with Gasteiger partial charge in [0.15, 0.2) is 0 Å². The van der Waals surface area contributed by atoms with Gasteiger partial charge in [-0.05, 0) is 64.2 Å². The minimum Gasteiger partial charge on any atom is -0.508 e. The first-order chi connectivity index (χ1) is 13.4. The van der Waals surface area contributed by atoms with E-state index in [0.29, 0.717) is 5.56 Å². The van der Waals surface area contributed by atoms with Gasteiger partial charge in [0.2, 0.25) is 0 Å². The predicted molar refractivity (Wildman–Crippen MR) is 107 cm³/mol. The Hall–Kier alpha value is -2.36. The molecule has 0 bridgehead atoms. The molecule has 2 aromatic carbocycles. The molecule has 2 saturated carbocycles. The normalized spacial score (nSPS) is 27.4. The standard InChI is InChI=1S/C24H28O4/c1-14-18(25)9-7-16(21(14)27)24-13-5-6-20(24)23(11-3-4-12-23)17-8-10-19(26)15(2)22(17)28-24/h7-10,20,25-27H,3-6,11-13H2,1-2H3/t20-,24+/m1/s1. The molecule has 2 atom stereocenters. The lowest BCUT2D eigenvalue weighted by molar-refractivity contribution is -0.0372. The zero-order valence-corrected chi connectivity index (χ0v) is 16.6. The lowest BCUT2D eigenvalue weighted by Gasteiger charge is -2.52. The molecule has 0 unspecified atom stereocenters. The first-order valence-corrected chi connectivity index (χ1v) is 10.4. The van der Waals surface area contributed by atoms with Gasteiger partial charge in [-0.15, -0.1) is 0 Å². The number of hydrogen-bond donors (Lipinski definition) is 3. The van der Waals surface area contributed by atoms with E-state index in [9.17, 15) is 15.3 Å². The Morgan fingerprint density at radius 1 is 0.821 bits per heavy atom. The molecule has 1 aliphatic heterocycles. The van der Waals surface area contributed by atoms with Gasteiger partial charge in [0.05, 0.1) is 0 Å². The van der Waals surface area contributed by atoms with Crippen LogP contribution in [0.15, 0.2) is 24.3 Å². The lowest BCUT2D eigenvalue weighted by atomic mass is 9.60. The Morgan fingerprint density at radius 3 is 2.18 bits per heavy atom. The lowest BCUT2D eigenvalue weighted by Crippen LogP contribution is -2.51. The predicted octanol–water partition coefficient (Wildman–Crippen LogP) is 5.32. The molecule has 28 heavy (non-hydrogen) atoms. The van der Waals surface area contributed by atoms with Crippen molar-refractivity contribution >= 4 is 0 Å². The van der Waals surface area contributed by atoms with Crippen molar-refractivity contribution in [1.29, 1.82) is 0 Å². The van der Waals surface area contributed by atoms with Crippen LogP contribution >= 0.6 is 0 Å². The first kappa shape index (κ1) is 17.7. The van der Waals surface area contributed by atoms with Crippen LogP contribution in [0.5, 0.6) is 23.0 Å². The fourth-order valence-electron chi connectivity index (χ4n) is 6.43. The second kappa shape index (κ2) is 5.82. The average molecular weight is 380 g/mol. The molecule has 2 aromatic rings. The van der Waals surface area contributed by atoms with Crippen LogP contribution in [0.25, 0.3) is 0 Å². The summed E-state index contributed by atoms with van der Waals surface area (Å²) in [5.41, 5.74) is 2.71. The zero-order chi connectivity index (χ0) is 19.7. The van der Waals surface area contributed by atoms with E-state index >= 15 is 0 Å². The van der Waals surface area contributed by atoms with Gasteiger partial charge in [0.1, 0.15) is 28.6 Å². The summed E-state index contributed by atoms with van der Waals surface area (Å²) in [5, 5.41) is 31.4. The number of benzene rings is 2. The van der Waals surface area contributed by atoms with Gasteiger partial charge < -0.3 is 20.1 Å². The maximum Gasteiger partial charge on any atom is 0.141 e. The Balaban J connectivity index is 1.80. The molecule has 1 heterocycles. The molecule has 1 spiro atoms. The fraction of sp³-hybridized carbons (Fsp3) is 0.500. The minimum absolute atomic E-state index is 0.0285. The van der Waals surface area contributed by atoms with Gasteiger partial charge in [-0.25, -0.2) is 0 Å². The molecule has 3 N–H and O–H groups in total. The highest BCUT2D eigenvalue weighted by Gasteiger charge is 2.62. The van der Waals surface area contributed by atoms with Crippen LogP contribution in [0.3, 0.4) is 0 Å². The number of rotatable bonds is 1. The molecule has 0 radical (unpaired) electrons. The molecule has 3 aliphatic rings. The second-order valence-electron chi connectivity index (χ2n) is 8.99. The third-order valence-electron chi connectivity index (χ3n) is 7.82. The smallest absolute Gasteiger partial charge is 0.141 e. The van der Waals surface area contributed by atoms with Crippen LogP contribution in [0.1, 0.15) is 67.2 Å². The summed E-state index contributed by atoms with van der Waals surface area (Å²) >= 11 is 0. The van der Waals surface area contributed by atoms with E-state index in [1.54, 1.807) is 13.0 Å². The summed E-state index contributed by atoms with van der Waals surface area (Å²) < 4.78 is 6.80. The highest BCUT2D eigenvalue weighted by Crippen LogP contribution is 2.66. The third-order valence-corrected chi connectivity index (χ3v) is 7.82. The molecule has 5 rings (SSSR count). The maximum atomic E-state index is 11.0. The van der Waals surface area contributed by atoms with Crippen LogP contribution in [0.2, 0.25) is 0 Å². The van der Waals surface area contributed by atoms with E-state index in [1.165, 1.54) is 18.4 Å². The highest BCUT2D eigenvalue weighted by atomic mass is 16.5. The molecule has 148 valence electrons. The summed E-state index contributed by atoms with van der Waals surface area (Å²) in [5.74, 6) is 1.58. The van der Waals surface area contributed by atoms with E-state index in [1.807, 2.05) is 19.1 Å². The SMILES string of the molecule is Cc1c(O)ccc([C@@]23CCC[C@@H]2C2(CCCC2)c2ccc(O)c(C)c2O3)c1O. The van der Waals surface area contributed by atoms with Gasteiger partial charge >= 0.3 is 0 Å². The van der Waals surface area contributed by atoms with Crippen molar-refractivity contribution in [3.05, 3.63) is 46.5 Å². The largest absolute Gasteiger partial charge is 0.508 e. The highest BCUT2D eigenvalue weighted by molar-refractivity contribution is 5.58. The van der Waals surface area contributed by atoms with Crippen LogP contribution in [0.4, 0.5) is 0 Å². The van der Waals surface area contributed by atoms with Gasteiger partial charge in [0, 0.05) is 33.6 Å². The number of phenols is 3. The summed E-state index contributed by atoms with van der Waals surface area (Å²) in [6.07, 6.45) is 7.60. The van der Waals surface area contributed by atoms with E-state index in [0.717, 1.165) is 49.0 Å². The first-order valence-electron chi connectivity index (χ1n) is 10.4. The summed E-state index contributed by atoms with van der Waals surface area (Å²) in [4.78, 5) is 0. The Bertz CT molecular complexity index is 958. The number of aromatic hydroxyl groups is 3. The molecule has 4 nitrogen and oxygen atoms in total. The van der Waals surface area contributed by atoms with Crippen molar-refractivity contribution in [2.45, 2.75) is 69.8 Å². The van der Waals surface area contributed by atoms with Gasteiger partial charge in [-0.3, -0.25) is 0 Å². The van der Waals surface area contributed by atoms with Crippen LogP contribution in [0, 0.1) is 19.8 Å². The third kappa shape index (κ3) is 2.06. The van der Waals surface area contributed by atoms with Crippen molar-refractivity contribution in [3.8, 4) is 23.0 Å². The van der Waals surface area contributed by atoms with Crippen LogP contribution in [-0.2, 0) is 11.0 Å². The second-order valence-corrected chi connectivity index (χ2v) is 8.99. The quantitative estimate of drug-likeness (QED) is 0.626. The Labute approximate surface area is 165 Å². The van der Waals surface area contributed by atoms with Crippen molar-refractivity contribution in [3.63, 3.8) is 0 Å². The van der Waals surface area contributed by atoms with Gasteiger partial charge in [-0.2, -0.15) is 0 Å². The fourth-order valence-corrected chi connectivity index (χ4v) is 6.43. The van der Waals surface area contributed by atoms with E-state index in [2.05, 4.69) is 6.07 Å². The Kier molecular flexibility index (Phi) is 3.68. The molecule has 0 amide bonds. The van der Waals surface area contributed by atoms with Crippen LogP contribution in [-0.4, -0.2) is 15.3 Å². The summed E-state index contributed by atoms with van der Waals surface area (Å²) in [6.45, 7) is 3.66.